The molecule has 1 N–H and O–H groups in total. The highest BCUT2D eigenvalue weighted by Crippen LogP contribution is 2.21. The fraction of sp³-hybridized carbons (Fsp3) is 0.533. The third-order valence-electron chi connectivity index (χ3n) is 3.84. The molecule has 1 fully saturated rings. The molecular weight excluding hydrogens is 306 g/mol. The minimum absolute atomic E-state index is 0.186. The maximum absolute atomic E-state index is 12.2. The fourth-order valence-corrected chi connectivity index (χ4v) is 2.78. The van der Waals surface area contributed by atoms with Crippen molar-refractivity contribution in [3.63, 3.8) is 0 Å². The van der Waals surface area contributed by atoms with Crippen LogP contribution in [0.4, 0.5) is 0 Å². The average Bonchev–Trinajstić information content (AvgIpc) is 2.41. The van der Waals surface area contributed by atoms with Gasteiger partial charge in [0.1, 0.15) is 0 Å². The number of hydrogen-bond donors (Lipinski definition) is 1. The maximum atomic E-state index is 12.2. The molecule has 1 aliphatic heterocycles. The number of carbonyl (C=O) groups is 1. The molecule has 0 radical (unpaired) electrons. The van der Waals surface area contributed by atoms with Crippen LogP contribution in [0.15, 0.2) is 28.7 Å². The van der Waals surface area contributed by atoms with Gasteiger partial charge >= 0.3 is 0 Å². The number of piperidine rings is 1. The second-order valence-electron chi connectivity index (χ2n) is 5.26. The number of halogens is 1. The molecule has 0 saturated carbocycles. The van der Waals surface area contributed by atoms with Gasteiger partial charge in [-0.3, -0.25) is 4.79 Å². The van der Waals surface area contributed by atoms with Crippen molar-refractivity contribution in [2.75, 3.05) is 13.1 Å². The van der Waals surface area contributed by atoms with Gasteiger partial charge in [0.15, 0.2) is 0 Å². The van der Waals surface area contributed by atoms with Crippen LogP contribution < -0.4 is 0 Å². The van der Waals surface area contributed by atoms with Crippen LogP contribution in [-0.4, -0.2) is 35.1 Å². The summed E-state index contributed by atoms with van der Waals surface area (Å²) in [6, 6.07) is 7.87. The summed E-state index contributed by atoms with van der Waals surface area (Å²) in [6.45, 7) is 3.37. The molecule has 4 heteroatoms. The number of hydrogen-bond acceptors (Lipinski definition) is 2. The van der Waals surface area contributed by atoms with Gasteiger partial charge in [0.25, 0.3) is 0 Å². The zero-order valence-electron chi connectivity index (χ0n) is 11.2. The molecule has 0 spiro atoms. The Kier molecular flexibility index (Phi) is 4.99. The maximum Gasteiger partial charge on any atom is 0.226 e. The average molecular weight is 326 g/mol. The first-order chi connectivity index (χ1) is 9.06. The van der Waals surface area contributed by atoms with Crippen molar-refractivity contribution in [2.45, 2.75) is 32.3 Å². The standard InChI is InChI=1S/C15H20BrNO2/c1-11(18)13-6-8-17(9-7-13)15(19)10-12-2-4-14(16)5-3-12/h2-5,11,13,18H,6-10H2,1H3. The van der Waals surface area contributed by atoms with Gasteiger partial charge in [-0.05, 0) is 43.4 Å². The third kappa shape index (κ3) is 4.05. The highest BCUT2D eigenvalue weighted by molar-refractivity contribution is 9.10. The monoisotopic (exact) mass is 325 g/mol. The Morgan fingerprint density at radius 3 is 2.47 bits per heavy atom. The molecule has 1 saturated heterocycles. The zero-order valence-corrected chi connectivity index (χ0v) is 12.8. The molecule has 3 nitrogen and oxygen atoms in total. The molecule has 1 amide bonds. The molecule has 1 heterocycles. The summed E-state index contributed by atoms with van der Waals surface area (Å²) in [5, 5.41) is 9.56. The zero-order chi connectivity index (χ0) is 13.8. The molecule has 1 atom stereocenters. The van der Waals surface area contributed by atoms with Crippen LogP contribution in [0.3, 0.4) is 0 Å². The predicted octanol–water partition coefficient (Wildman–Crippen LogP) is 2.61. The first-order valence-corrected chi connectivity index (χ1v) is 7.56. The Bertz CT molecular complexity index is 422. The predicted molar refractivity (Wildman–Crippen MR) is 78.8 cm³/mol. The van der Waals surface area contributed by atoms with Crippen molar-refractivity contribution in [3.8, 4) is 0 Å². The van der Waals surface area contributed by atoms with Crippen LogP contribution in [0.2, 0.25) is 0 Å². The van der Waals surface area contributed by atoms with Crippen LogP contribution >= 0.6 is 15.9 Å². The number of likely N-dealkylation sites (tertiary alicyclic amines) is 1. The summed E-state index contributed by atoms with van der Waals surface area (Å²) in [6.07, 6.45) is 2.02. The highest BCUT2D eigenvalue weighted by Gasteiger charge is 2.25. The summed E-state index contributed by atoms with van der Waals surface area (Å²) in [4.78, 5) is 14.1. The fourth-order valence-electron chi connectivity index (χ4n) is 2.52. The Balaban J connectivity index is 1.86. The lowest BCUT2D eigenvalue weighted by Crippen LogP contribution is -2.41. The van der Waals surface area contributed by atoms with Gasteiger partial charge in [0.05, 0.1) is 12.5 Å². The lowest BCUT2D eigenvalue weighted by atomic mass is 9.92. The number of benzene rings is 1. The van der Waals surface area contributed by atoms with E-state index in [4.69, 9.17) is 0 Å². The second kappa shape index (κ2) is 6.53. The Hall–Kier alpha value is -0.870. The van der Waals surface area contributed by atoms with E-state index in [1.54, 1.807) is 0 Å². The molecule has 104 valence electrons. The largest absolute Gasteiger partial charge is 0.393 e. The summed E-state index contributed by atoms with van der Waals surface area (Å²) >= 11 is 3.39. The summed E-state index contributed by atoms with van der Waals surface area (Å²) < 4.78 is 1.03. The van der Waals surface area contributed by atoms with Crippen LogP contribution in [0.25, 0.3) is 0 Å². The van der Waals surface area contributed by atoms with Gasteiger partial charge in [0, 0.05) is 17.6 Å². The van der Waals surface area contributed by atoms with Crippen LogP contribution in [-0.2, 0) is 11.2 Å². The van der Waals surface area contributed by atoms with Crippen molar-refractivity contribution in [1.29, 1.82) is 0 Å². The molecular formula is C15H20BrNO2. The number of amides is 1. The molecule has 1 aliphatic rings. The van der Waals surface area contributed by atoms with E-state index in [-0.39, 0.29) is 12.0 Å². The summed E-state index contributed by atoms with van der Waals surface area (Å²) in [5.74, 6) is 0.531. The molecule has 0 aromatic heterocycles. The van der Waals surface area contributed by atoms with Gasteiger partial charge in [0.2, 0.25) is 5.91 Å². The molecule has 1 aromatic rings. The van der Waals surface area contributed by atoms with Gasteiger partial charge < -0.3 is 10.0 Å². The normalized spacial score (nSPS) is 18.4. The number of carbonyl (C=O) groups excluding carboxylic acids is 1. The highest BCUT2D eigenvalue weighted by atomic mass is 79.9. The number of aliphatic hydroxyl groups is 1. The lowest BCUT2D eigenvalue weighted by Gasteiger charge is -2.33. The van der Waals surface area contributed by atoms with E-state index in [1.165, 1.54) is 0 Å². The van der Waals surface area contributed by atoms with E-state index < -0.39 is 0 Å². The number of rotatable bonds is 3. The van der Waals surface area contributed by atoms with E-state index in [9.17, 15) is 9.90 Å². The Morgan fingerprint density at radius 2 is 1.95 bits per heavy atom. The van der Waals surface area contributed by atoms with Gasteiger partial charge in [-0.2, -0.15) is 0 Å². The van der Waals surface area contributed by atoms with E-state index in [0.717, 1.165) is 36.0 Å². The van der Waals surface area contributed by atoms with E-state index in [2.05, 4.69) is 15.9 Å². The minimum Gasteiger partial charge on any atom is -0.393 e. The molecule has 1 aromatic carbocycles. The topological polar surface area (TPSA) is 40.5 Å². The third-order valence-corrected chi connectivity index (χ3v) is 4.37. The first-order valence-electron chi connectivity index (χ1n) is 6.76. The van der Waals surface area contributed by atoms with E-state index in [0.29, 0.717) is 12.3 Å². The Morgan fingerprint density at radius 1 is 1.37 bits per heavy atom. The Labute approximate surface area is 122 Å². The SMILES string of the molecule is CC(O)C1CCN(C(=O)Cc2ccc(Br)cc2)CC1. The lowest BCUT2D eigenvalue weighted by molar-refractivity contribution is -0.132. The smallest absolute Gasteiger partial charge is 0.226 e. The summed E-state index contributed by atoms with van der Waals surface area (Å²) in [5.41, 5.74) is 1.05. The van der Waals surface area contributed by atoms with Crippen LogP contribution in [0.5, 0.6) is 0 Å². The molecule has 0 bridgehead atoms. The van der Waals surface area contributed by atoms with Crippen LogP contribution in [0, 0.1) is 5.92 Å². The molecule has 2 rings (SSSR count). The van der Waals surface area contributed by atoms with Crippen molar-refractivity contribution in [2.24, 2.45) is 5.92 Å². The number of aliphatic hydroxyl groups excluding tert-OH is 1. The minimum atomic E-state index is -0.260. The number of nitrogens with zero attached hydrogens (tertiary/aromatic N) is 1. The van der Waals surface area contributed by atoms with E-state index >= 15 is 0 Å². The van der Waals surface area contributed by atoms with Gasteiger partial charge in [-0.15, -0.1) is 0 Å². The van der Waals surface area contributed by atoms with Crippen molar-refractivity contribution in [1.82, 2.24) is 4.90 Å². The van der Waals surface area contributed by atoms with Crippen molar-refractivity contribution in [3.05, 3.63) is 34.3 Å². The van der Waals surface area contributed by atoms with Gasteiger partial charge in [-0.25, -0.2) is 0 Å². The summed E-state index contributed by atoms with van der Waals surface area (Å²) in [7, 11) is 0. The second-order valence-corrected chi connectivity index (χ2v) is 6.18. The molecule has 1 unspecified atom stereocenters. The molecule has 19 heavy (non-hydrogen) atoms. The van der Waals surface area contributed by atoms with Crippen molar-refractivity contribution < 1.29 is 9.90 Å². The molecule has 0 aliphatic carbocycles. The van der Waals surface area contributed by atoms with Gasteiger partial charge in [-0.1, -0.05) is 28.1 Å². The first kappa shape index (κ1) is 14.5. The van der Waals surface area contributed by atoms with E-state index in [1.807, 2.05) is 36.1 Å². The van der Waals surface area contributed by atoms with Crippen molar-refractivity contribution >= 4 is 21.8 Å². The quantitative estimate of drug-likeness (QED) is 0.928. The van der Waals surface area contributed by atoms with Crippen LogP contribution in [0.1, 0.15) is 25.3 Å².